The highest BCUT2D eigenvalue weighted by molar-refractivity contribution is 9.10. The zero-order chi connectivity index (χ0) is 13.0. The Morgan fingerprint density at radius 2 is 2.11 bits per heavy atom. The van der Waals surface area contributed by atoms with Crippen LogP contribution in [0.5, 0.6) is 0 Å². The second-order valence-corrected chi connectivity index (χ2v) is 6.37. The molecule has 1 saturated heterocycles. The fraction of sp³-hybridized carbons (Fsp3) is 0.600. The smallest absolute Gasteiger partial charge is 0.0467 e. The van der Waals surface area contributed by atoms with E-state index < -0.39 is 0 Å². The molecule has 3 heteroatoms. The molecular formula is C15H22BrNO. The molecule has 1 aromatic carbocycles. The van der Waals surface area contributed by atoms with Gasteiger partial charge in [0.25, 0.3) is 0 Å². The van der Waals surface area contributed by atoms with Gasteiger partial charge in [-0.3, -0.25) is 0 Å². The van der Waals surface area contributed by atoms with Gasteiger partial charge in [0.05, 0.1) is 0 Å². The molecule has 1 aliphatic heterocycles. The minimum absolute atomic E-state index is 0.342. The van der Waals surface area contributed by atoms with E-state index in [0.717, 1.165) is 30.6 Å². The van der Waals surface area contributed by atoms with Gasteiger partial charge < -0.3 is 10.1 Å². The lowest BCUT2D eigenvalue weighted by atomic mass is 9.67. The summed E-state index contributed by atoms with van der Waals surface area (Å²) in [5, 5.41) is 3.53. The first-order chi connectivity index (χ1) is 8.65. The standard InChI is InChI=1S/C15H22BrNO/c1-15(8-10-18-2)7-9-17-11-14(15)12-3-5-13(16)6-4-12/h3-6,14,17H,7-11H2,1-2H3. The van der Waals surface area contributed by atoms with Crippen LogP contribution >= 0.6 is 15.9 Å². The maximum absolute atomic E-state index is 5.29. The predicted octanol–water partition coefficient (Wildman–Crippen LogP) is 3.57. The van der Waals surface area contributed by atoms with Crippen molar-refractivity contribution in [2.24, 2.45) is 5.41 Å². The van der Waals surface area contributed by atoms with E-state index in [0.29, 0.717) is 11.3 Å². The number of ether oxygens (including phenoxy) is 1. The number of hydrogen-bond acceptors (Lipinski definition) is 2. The maximum atomic E-state index is 5.29. The summed E-state index contributed by atoms with van der Waals surface area (Å²) in [7, 11) is 1.79. The van der Waals surface area contributed by atoms with E-state index in [4.69, 9.17) is 4.74 Å². The molecule has 0 spiro atoms. The van der Waals surface area contributed by atoms with Crippen molar-refractivity contribution in [2.75, 3.05) is 26.8 Å². The molecule has 2 unspecified atom stereocenters. The Labute approximate surface area is 118 Å². The highest BCUT2D eigenvalue weighted by Gasteiger charge is 2.36. The Hall–Kier alpha value is -0.380. The van der Waals surface area contributed by atoms with Gasteiger partial charge in [-0.15, -0.1) is 0 Å². The molecule has 1 aromatic rings. The summed E-state index contributed by atoms with van der Waals surface area (Å²) in [4.78, 5) is 0. The topological polar surface area (TPSA) is 21.3 Å². The Bertz CT molecular complexity index is 379. The number of halogens is 1. The molecule has 0 amide bonds. The highest BCUT2D eigenvalue weighted by Crippen LogP contribution is 2.43. The molecule has 0 aromatic heterocycles. The minimum Gasteiger partial charge on any atom is -0.385 e. The van der Waals surface area contributed by atoms with Crippen LogP contribution in [0.15, 0.2) is 28.7 Å². The molecule has 1 fully saturated rings. The van der Waals surface area contributed by atoms with Gasteiger partial charge in [0.1, 0.15) is 0 Å². The third-order valence-corrected chi connectivity index (χ3v) is 4.74. The lowest BCUT2D eigenvalue weighted by Gasteiger charge is -2.42. The summed E-state index contributed by atoms with van der Waals surface area (Å²) in [6, 6.07) is 8.76. The molecule has 2 nitrogen and oxygen atoms in total. The molecule has 0 saturated carbocycles. The molecule has 2 atom stereocenters. The molecule has 1 heterocycles. The number of piperidine rings is 1. The van der Waals surface area contributed by atoms with E-state index in [2.05, 4.69) is 52.4 Å². The quantitative estimate of drug-likeness (QED) is 0.918. The molecule has 0 aliphatic carbocycles. The van der Waals surface area contributed by atoms with Crippen molar-refractivity contribution in [3.8, 4) is 0 Å². The third kappa shape index (κ3) is 3.14. The van der Waals surface area contributed by atoms with E-state index >= 15 is 0 Å². The van der Waals surface area contributed by atoms with Gasteiger partial charge in [-0.1, -0.05) is 35.0 Å². The normalized spacial score (nSPS) is 28.3. The van der Waals surface area contributed by atoms with Crippen LogP contribution < -0.4 is 5.32 Å². The Kier molecular flexibility index (Phi) is 4.82. The van der Waals surface area contributed by atoms with Crippen molar-refractivity contribution in [2.45, 2.75) is 25.7 Å². The second kappa shape index (κ2) is 6.18. The van der Waals surface area contributed by atoms with Gasteiger partial charge in [0, 0.05) is 30.7 Å². The van der Waals surface area contributed by atoms with Crippen LogP contribution in [0.2, 0.25) is 0 Å². The second-order valence-electron chi connectivity index (χ2n) is 5.46. The van der Waals surface area contributed by atoms with Gasteiger partial charge in [0.2, 0.25) is 0 Å². The molecule has 18 heavy (non-hydrogen) atoms. The van der Waals surface area contributed by atoms with E-state index in [-0.39, 0.29) is 0 Å². The lowest BCUT2D eigenvalue weighted by molar-refractivity contribution is 0.104. The Balaban J connectivity index is 2.19. The fourth-order valence-corrected chi connectivity index (χ4v) is 3.16. The fourth-order valence-electron chi connectivity index (χ4n) is 2.89. The first-order valence-electron chi connectivity index (χ1n) is 6.61. The maximum Gasteiger partial charge on any atom is 0.0467 e. The summed E-state index contributed by atoms with van der Waals surface area (Å²) in [5.41, 5.74) is 1.78. The van der Waals surface area contributed by atoms with Gasteiger partial charge in [-0.25, -0.2) is 0 Å². The molecule has 1 aliphatic rings. The molecule has 100 valence electrons. The average Bonchev–Trinajstić information content (AvgIpc) is 2.38. The highest BCUT2D eigenvalue weighted by atomic mass is 79.9. The molecular weight excluding hydrogens is 290 g/mol. The van der Waals surface area contributed by atoms with Crippen molar-refractivity contribution >= 4 is 15.9 Å². The van der Waals surface area contributed by atoms with E-state index in [1.54, 1.807) is 7.11 Å². The number of rotatable bonds is 4. The number of nitrogens with one attached hydrogen (secondary N) is 1. The first-order valence-corrected chi connectivity index (χ1v) is 7.40. The Morgan fingerprint density at radius 1 is 1.39 bits per heavy atom. The third-order valence-electron chi connectivity index (χ3n) is 4.21. The van der Waals surface area contributed by atoms with Crippen LogP contribution in [0.3, 0.4) is 0 Å². The summed E-state index contributed by atoms with van der Waals surface area (Å²) >= 11 is 3.50. The minimum atomic E-state index is 0.342. The van der Waals surface area contributed by atoms with Gasteiger partial charge in [-0.05, 0) is 42.5 Å². The van der Waals surface area contributed by atoms with Crippen LogP contribution in [0.4, 0.5) is 0 Å². The van der Waals surface area contributed by atoms with Crippen molar-refractivity contribution in [3.05, 3.63) is 34.3 Å². The lowest BCUT2D eigenvalue weighted by Crippen LogP contribution is -2.42. The van der Waals surface area contributed by atoms with Crippen LogP contribution in [-0.2, 0) is 4.74 Å². The molecule has 0 radical (unpaired) electrons. The first kappa shape index (κ1) is 14.0. The van der Waals surface area contributed by atoms with Crippen molar-refractivity contribution in [1.82, 2.24) is 5.32 Å². The monoisotopic (exact) mass is 311 g/mol. The number of hydrogen-bond donors (Lipinski definition) is 1. The summed E-state index contributed by atoms with van der Waals surface area (Å²) in [6.07, 6.45) is 2.35. The molecule has 1 N–H and O–H groups in total. The number of methoxy groups -OCH3 is 1. The van der Waals surface area contributed by atoms with Crippen LogP contribution in [0.25, 0.3) is 0 Å². The van der Waals surface area contributed by atoms with E-state index in [1.807, 2.05) is 0 Å². The molecule has 2 rings (SSSR count). The van der Waals surface area contributed by atoms with Crippen LogP contribution in [0.1, 0.15) is 31.2 Å². The van der Waals surface area contributed by atoms with E-state index in [1.165, 1.54) is 12.0 Å². The molecule has 0 bridgehead atoms. The SMILES string of the molecule is COCCC1(C)CCNCC1c1ccc(Br)cc1. The summed E-state index contributed by atoms with van der Waals surface area (Å²) in [6.45, 7) is 5.44. The zero-order valence-corrected chi connectivity index (χ0v) is 12.8. The van der Waals surface area contributed by atoms with Gasteiger partial charge in [-0.2, -0.15) is 0 Å². The van der Waals surface area contributed by atoms with Gasteiger partial charge in [0.15, 0.2) is 0 Å². The predicted molar refractivity (Wildman–Crippen MR) is 79.0 cm³/mol. The van der Waals surface area contributed by atoms with Crippen molar-refractivity contribution in [1.29, 1.82) is 0 Å². The van der Waals surface area contributed by atoms with Gasteiger partial charge >= 0.3 is 0 Å². The van der Waals surface area contributed by atoms with Crippen LogP contribution in [0, 0.1) is 5.41 Å². The summed E-state index contributed by atoms with van der Waals surface area (Å²) < 4.78 is 6.43. The summed E-state index contributed by atoms with van der Waals surface area (Å²) in [5.74, 6) is 0.578. The number of benzene rings is 1. The average molecular weight is 312 g/mol. The van der Waals surface area contributed by atoms with Crippen molar-refractivity contribution < 1.29 is 4.74 Å². The Morgan fingerprint density at radius 3 is 2.78 bits per heavy atom. The van der Waals surface area contributed by atoms with Crippen LogP contribution in [-0.4, -0.2) is 26.8 Å². The van der Waals surface area contributed by atoms with E-state index in [9.17, 15) is 0 Å². The zero-order valence-electron chi connectivity index (χ0n) is 11.2. The largest absolute Gasteiger partial charge is 0.385 e. The van der Waals surface area contributed by atoms with Crippen molar-refractivity contribution in [3.63, 3.8) is 0 Å².